The summed E-state index contributed by atoms with van der Waals surface area (Å²) in [5, 5.41) is 8.76. The van der Waals surface area contributed by atoms with Crippen LogP contribution in [0.2, 0.25) is 0 Å². The van der Waals surface area contributed by atoms with Gasteiger partial charge in [-0.2, -0.15) is 0 Å². The maximum Gasteiger partial charge on any atom is 0.303 e. The maximum atomic E-state index is 13.2. The number of hydrogen-bond donors (Lipinski definition) is 1. The van der Waals surface area contributed by atoms with Crippen molar-refractivity contribution < 1.29 is 23.5 Å². The highest BCUT2D eigenvalue weighted by molar-refractivity contribution is 5.94. The van der Waals surface area contributed by atoms with Crippen molar-refractivity contribution in [2.75, 3.05) is 6.54 Å². The molecule has 1 fully saturated rings. The van der Waals surface area contributed by atoms with Crippen LogP contribution < -0.4 is 0 Å². The zero-order chi connectivity index (χ0) is 15.4. The van der Waals surface area contributed by atoms with Gasteiger partial charge in [-0.3, -0.25) is 9.59 Å². The molecule has 1 aliphatic rings. The number of amides is 1. The summed E-state index contributed by atoms with van der Waals surface area (Å²) in [6.07, 6.45) is 2.79. The van der Waals surface area contributed by atoms with Crippen molar-refractivity contribution >= 4 is 11.9 Å². The van der Waals surface area contributed by atoms with E-state index >= 15 is 0 Å². The number of aliphatic carboxylic acids is 1. The summed E-state index contributed by atoms with van der Waals surface area (Å²) in [4.78, 5) is 24.6. The van der Waals surface area contributed by atoms with E-state index in [1.165, 1.54) is 0 Å². The fourth-order valence-electron chi connectivity index (χ4n) is 2.70. The third kappa shape index (κ3) is 4.00. The minimum atomic E-state index is -0.912. The molecule has 0 saturated carbocycles. The Labute approximate surface area is 121 Å². The summed E-state index contributed by atoms with van der Waals surface area (Å²) in [6.45, 7) is 0.487. The summed E-state index contributed by atoms with van der Waals surface area (Å²) in [5.41, 5.74) is -0.0327. The molecule has 21 heavy (non-hydrogen) atoms. The van der Waals surface area contributed by atoms with Gasteiger partial charge < -0.3 is 10.0 Å². The average molecular weight is 297 g/mol. The van der Waals surface area contributed by atoms with Crippen molar-refractivity contribution in [3.63, 3.8) is 0 Å². The Morgan fingerprint density at radius 3 is 2.48 bits per heavy atom. The molecule has 114 valence electrons. The van der Waals surface area contributed by atoms with Gasteiger partial charge in [0.1, 0.15) is 11.6 Å². The summed E-state index contributed by atoms with van der Waals surface area (Å²) >= 11 is 0. The number of halogens is 2. The van der Waals surface area contributed by atoms with Crippen LogP contribution in [0.15, 0.2) is 18.2 Å². The Balaban J connectivity index is 2.15. The van der Waals surface area contributed by atoms with Gasteiger partial charge in [-0.1, -0.05) is 0 Å². The zero-order valence-corrected chi connectivity index (χ0v) is 11.5. The molecule has 0 aromatic heterocycles. The van der Waals surface area contributed by atoms with E-state index in [2.05, 4.69) is 0 Å². The van der Waals surface area contributed by atoms with Crippen LogP contribution in [-0.2, 0) is 4.79 Å². The van der Waals surface area contributed by atoms with Crippen molar-refractivity contribution in [2.45, 2.75) is 38.1 Å². The first-order chi connectivity index (χ1) is 9.97. The van der Waals surface area contributed by atoms with Crippen LogP contribution in [-0.4, -0.2) is 34.5 Å². The molecule has 1 amide bonds. The van der Waals surface area contributed by atoms with Gasteiger partial charge in [-0.05, 0) is 37.8 Å². The first-order valence-corrected chi connectivity index (χ1v) is 6.96. The topological polar surface area (TPSA) is 57.6 Å². The SMILES string of the molecule is O=C(O)CCC1CCCCN1C(=O)c1cc(F)cc(F)c1. The molecule has 1 aliphatic heterocycles. The van der Waals surface area contributed by atoms with Crippen LogP contribution in [0, 0.1) is 11.6 Å². The molecule has 1 aromatic rings. The van der Waals surface area contributed by atoms with E-state index in [4.69, 9.17) is 5.11 Å². The minimum absolute atomic E-state index is 0.0219. The highest BCUT2D eigenvalue weighted by atomic mass is 19.1. The Bertz CT molecular complexity index is 527. The fourth-order valence-corrected chi connectivity index (χ4v) is 2.70. The minimum Gasteiger partial charge on any atom is -0.481 e. The van der Waals surface area contributed by atoms with E-state index in [9.17, 15) is 18.4 Å². The van der Waals surface area contributed by atoms with Crippen LogP contribution in [0.1, 0.15) is 42.5 Å². The maximum absolute atomic E-state index is 13.2. The summed E-state index contributed by atoms with van der Waals surface area (Å²) in [5.74, 6) is -2.94. The predicted octanol–water partition coefficient (Wildman–Crippen LogP) is 2.82. The lowest BCUT2D eigenvalue weighted by Gasteiger charge is -2.35. The normalized spacial score (nSPS) is 18.6. The standard InChI is InChI=1S/C15H17F2NO3/c16-11-7-10(8-12(17)9-11)15(21)18-6-2-1-3-13(18)4-5-14(19)20/h7-9,13H,1-6H2,(H,19,20). The third-order valence-corrected chi connectivity index (χ3v) is 3.69. The van der Waals surface area contributed by atoms with Gasteiger partial charge in [0.15, 0.2) is 0 Å². The number of rotatable bonds is 4. The largest absolute Gasteiger partial charge is 0.481 e. The Kier molecular flexibility index (Phi) is 4.88. The average Bonchev–Trinajstić information content (AvgIpc) is 2.43. The molecule has 0 aliphatic carbocycles. The van der Waals surface area contributed by atoms with Crippen LogP contribution >= 0.6 is 0 Å². The van der Waals surface area contributed by atoms with Crippen LogP contribution in [0.5, 0.6) is 0 Å². The number of benzene rings is 1. The molecule has 2 rings (SSSR count). The van der Waals surface area contributed by atoms with Gasteiger partial charge in [0.05, 0.1) is 0 Å². The number of likely N-dealkylation sites (tertiary alicyclic amines) is 1. The smallest absolute Gasteiger partial charge is 0.303 e. The lowest BCUT2D eigenvalue weighted by Crippen LogP contribution is -2.44. The first kappa shape index (κ1) is 15.4. The summed E-state index contributed by atoms with van der Waals surface area (Å²) in [7, 11) is 0. The van der Waals surface area contributed by atoms with Gasteiger partial charge in [-0.25, -0.2) is 8.78 Å². The lowest BCUT2D eigenvalue weighted by molar-refractivity contribution is -0.137. The van der Waals surface area contributed by atoms with Gasteiger partial charge in [0.25, 0.3) is 5.91 Å². The molecule has 1 atom stereocenters. The third-order valence-electron chi connectivity index (χ3n) is 3.69. The number of carboxylic acid groups (broad SMARTS) is 1. The lowest BCUT2D eigenvalue weighted by atomic mass is 9.97. The van der Waals surface area contributed by atoms with Gasteiger partial charge in [0.2, 0.25) is 0 Å². The molecule has 1 unspecified atom stereocenters. The van der Waals surface area contributed by atoms with Crippen molar-refractivity contribution in [1.29, 1.82) is 0 Å². The number of piperidine rings is 1. The van der Waals surface area contributed by atoms with Gasteiger partial charge in [0, 0.05) is 30.6 Å². The molecule has 0 spiro atoms. The molecule has 4 nitrogen and oxygen atoms in total. The predicted molar refractivity (Wildman–Crippen MR) is 71.9 cm³/mol. The van der Waals surface area contributed by atoms with Gasteiger partial charge in [-0.15, -0.1) is 0 Å². The molecule has 6 heteroatoms. The van der Waals surface area contributed by atoms with Crippen LogP contribution in [0.3, 0.4) is 0 Å². The van der Waals surface area contributed by atoms with E-state index in [0.29, 0.717) is 13.0 Å². The summed E-state index contributed by atoms with van der Waals surface area (Å²) in [6, 6.07) is 2.55. The monoisotopic (exact) mass is 297 g/mol. The number of nitrogens with zero attached hydrogens (tertiary/aromatic N) is 1. The fraction of sp³-hybridized carbons (Fsp3) is 0.467. The Morgan fingerprint density at radius 1 is 1.19 bits per heavy atom. The second kappa shape index (κ2) is 6.65. The molecule has 0 radical (unpaired) electrons. The molecule has 1 saturated heterocycles. The van der Waals surface area contributed by atoms with Crippen molar-refractivity contribution in [3.05, 3.63) is 35.4 Å². The number of hydrogen-bond acceptors (Lipinski definition) is 2. The molecule has 1 heterocycles. The highest BCUT2D eigenvalue weighted by Crippen LogP contribution is 2.23. The Morgan fingerprint density at radius 2 is 1.86 bits per heavy atom. The summed E-state index contributed by atoms with van der Waals surface area (Å²) < 4.78 is 26.4. The first-order valence-electron chi connectivity index (χ1n) is 6.96. The second-order valence-corrected chi connectivity index (χ2v) is 5.24. The molecule has 1 aromatic carbocycles. The number of carbonyl (C=O) groups excluding carboxylic acids is 1. The molecular weight excluding hydrogens is 280 g/mol. The van der Waals surface area contributed by atoms with Crippen molar-refractivity contribution in [1.82, 2.24) is 4.90 Å². The number of carboxylic acids is 1. The Hall–Kier alpha value is -1.98. The van der Waals surface area contributed by atoms with Crippen LogP contribution in [0.25, 0.3) is 0 Å². The van der Waals surface area contributed by atoms with Crippen LogP contribution in [0.4, 0.5) is 8.78 Å². The molecular formula is C15H17F2NO3. The molecule has 0 bridgehead atoms. The highest BCUT2D eigenvalue weighted by Gasteiger charge is 2.28. The van der Waals surface area contributed by atoms with Gasteiger partial charge >= 0.3 is 5.97 Å². The van der Waals surface area contributed by atoms with E-state index < -0.39 is 23.5 Å². The quantitative estimate of drug-likeness (QED) is 0.929. The number of carbonyl (C=O) groups is 2. The van der Waals surface area contributed by atoms with E-state index in [0.717, 1.165) is 37.5 Å². The van der Waals surface area contributed by atoms with Crippen molar-refractivity contribution in [3.8, 4) is 0 Å². The van der Waals surface area contributed by atoms with Crippen molar-refractivity contribution in [2.24, 2.45) is 0 Å². The molecule has 1 N–H and O–H groups in total. The van der Waals surface area contributed by atoms with E-state index in [1.807, 2.05) is 0 Å². The van der Waals surface area contributed by atoms with E-state index in [-0.39, 0.29) is 18.0 Å². The second-order valence-electron chi connectivity index (χ2n) is 5.24. The zero-order valence-electron chi connectivity index (χ0n) is 11.5. The van der Waals surface area contributed by atoms with E-state index in [1.54, 1.807) is 4.90 Å².